The van der Waals surface area contributed by atoms with E-state index in [2.05, 4.69) is 10.3 Å². The van der Waals surface area contributed by atoms with Crippen molar-refractivity contribution in [3.8, 4) is 22.1 Å². The molecule has 2 aromatic carbocycles. The smallest absolute Gasteiger partial charge is 0.263 e. The molecule has 0 unspecified atom stereocenters. The van der Waals surface area contributed by atoms with E-state index in [0.29, 0.717) is 32.6 Å². The van der Waals surface area contributed by atoms with Gasteiger partial charge in [0.1, 0.15) is 21.5 Å². The van der Waals surface area contributed by atoms with Crippen molar-refractivity contribution < 1.29 is 23.0 Å². The maximum Gasteiger partial charge on any atom is 0.263 e. The highest BCUT2D eigenvalue weighted by Crippen LogP contribution is 2.35. The number of nitrogens with zero attached hydrogens (tertiary/aromatic N) is 1. The number of hydrogen-bond acceptors (Lipinski definition) is 5. The van der Waals surface area contributed by atoms with E-state index < -0.39 is 11.6 Å². The summed E-state index contributed by atoms with van der Waals surface area (Å²) in [5.41, 5.74) is 1.70. The zero-order valence-electron chi connectivity index (χ0n) is 15.5. The summed E-state index contributed by atoms with van der Waals surface area (Å²) in [6, 6.07) is 8.53. The molecule has 0 atom stereocenters. The van der Waals surface area contributed by atoms with Gasteiger partial charge in [-0.2, -0.15) is 0 Å². The number of thiazole rings is 1. The van der Waals surface area contributed by atoms with Crippen molar-refractivity contribution in [2.75, 3.05) is 14.2 Å². The molecule has 8 heteroatoms. The van der Waals surface area contributed by atoms with Gasteiger partial charge in [0.15, 0.2) is 11.5 Å². The molecule has 0 saturated carbocycles. The molecule has 146 valence electrons. The molecule has 0 aliphatic rings. The Labute approximate surface area is 164 Å². The second-order valence-electron chi connectivity index (χ2n) is 5.96. The third kappa shape index (κ3) is 4.28. The number of amides is 1. The molecule has 0 fully saturated rings. The minimum Gasteiger partial charge on any atom is -0.493 e. The number of carbonyl (C=O) groups is 1. The highest BCUT2D eigenvalue weighted by molar-refractivity contribution is 7.17. The fourth-order valence-corrected chi connectivity index (χ4v) is 3.65. The Morgan fingerprint density at radius 2 is 1.75 bits per heavy atom. The molecule has 0 bridgehead atoms. The van der Waals surface area contributed by atoms with Crippen molar-refractivity contribution in [1.82, 2.24) is 10.3 Å². The van der Waals surface area contributed by atoms with Gasteiger partial charge in [-0.25, -0.2) is 13.8 Å². The summed E-state index contributed by atoms with van der Waals surface area (Å²) < 4.78 is 37.1. The van der Waals surface area contributed by atoms with E-state index in [4.69, 9.17) is 9.47 Å². The lowest BCUT2D eigenvalue weighted by Crippen LogP contribution is -2.22. The van der Waals surface area contributed by atoms with Crippen molar-refractivity contribution in [1.29, 1.82) is 0 Å². The standard InChI is InChI=1S/C20H18F2N2O3S/c1-11-18(19(25)23-10-12-6-14(21)9-15(22)7-12)28-20(24-11)13-4-5-16(26-2)17(8-13)27-3/h4-9H,10H2,1-3H3,(H,23,25). The summed E-state index contributed by atoms with van der Waals surface area (Å²) in [6.07, 6.45) is 0. The van der Waals surface area contributed by atoms with E-state index in [9.17, 15) is 13.6 Å². The Hall–Kier alpha value is -3.00. The van der Waals surface area contributed by atoms with Crippen molar-refractivity contribution in [2.45, 2.75) is 13.5 Å². The van der Waals surface area contributed by atoms with Crippen LogP contribution in [0.1, 0.15) is 20.9 Å². The van der Waals surface area contributed by atoms with Crippen LogP contribution < -0.4 is 14.8 Å². The van der Waals surface area contributed by atoms with Crippen LogP contribution in [-0.2, 0) is 6.54 Å². The number of methoxy groups -OCH3 is 2. The molecule has 0 aliphatic carbocycles. The number of nitrogens with one attached hydrogen (secondary N) is 1. The van der Waals surface area contributed by atoms with Gasteiger partial charge in [0.2, 0.25) is 0 Å². The van der Waals surface area contributed by atoms with Gasteiger partial charge in [-0.3, -0.25) is 4.79 Å². The molecule has 0 saturated heterocycles. The third-order valence-electron chi connectivity index (χ3n) is 4.01. The first-order valence-electron chi connectivity index (χ1n) is 8.34. The number of aryl methyl sites for hydroxylation is 1. The number of benzene rings is 2. The van der Waals surface area contributed by atoms with Crippen LogP contribution in [0.3, 0.4) is 0 Å². The van der Waals surface area contributed by atoms with E-state index in [1.165, 1.54) is 23.5 Å². The number of rotatable bonds is 6. The Bertz CT molecular complexity index is 1000. The highest BCUT2D eigenvalue weighted by atomic mass is 32.1. The van der Waals surface area contributed by atoms with Crippen LogP contribution in [0, 0.1) is 18.6 Å². The minimum absolute atomic E-state index is 0.0105. The zero-order chi connectivity index (χ0) is 20.3. The summed E-state index contributed by atoms with van der Waals surface area (Å²) in [6.45, 7) is 1.74. The molecule has 0 radical (unpaired) electrons. The lowest BCUT2D eigenvalue weighted by molar-refractivity contribution is 0.0954. The minimum atomic E-state index is -0.686. The SMILES string of the molecule is COc1ccc(-c2nc(C)c(C(=O)NCc3cc(F)cc(F)c3)s2)cc1OC. The molecular formula is C20H18F2N2O3S. The van der Waals surface area contributed by atoms with Crippen molar-refractivity contribution >= 4 is 17.2 Å². The van der Waals surface area contributed by atoms with Gasteiger partial charge in [-0.05, 0) is 42.8 Å². The van der Waals surface area contributed by atoms with E-state index in [-0.39, 0.29) is 12.5 Å². The van der Waals surface area contributed by atoms with Gasteiger partial charge in [0.25, 0.3) is 5.91 Å². The number of hydrogen-bond donors (Lipinski definition) is 1. The second-order valence-corrected chi connectivity index (χ2v) is 6.96. The summed E-state index contributed by atoms with van der Waals surface area (Å²) >= 11 is 1.23. The molecule has 1 aromatic heterocycles. The molecule has 28 heavy (non-hydrogen) atoms. The quantitative estimate of drug-likeness (QED) is 0.664. The van der Waals surface area contributed by atoms with Gasteiger partial charge >= 0.3 is 0 Å². The lowest BCUT2D eigenvalue weighted by atomic mass is 10.2. The van der Waals surface area contributed by atoms with Crippen LogP contribution in [-0.4, -0.2) is 25.1 Å². The van der Waals surface area contributed by atoms with Crippen LogP contribution in [0.5, 0.6) is 11.5 Å². The Morgan fingerprint density at radius 1 is 1.07 bits per heavy atom. The number of halogens is 2. The van der Waals surface area contributed by atoms with Crippen LogP contribution in [0.25, 0.3) is 10.6 Å². The number of aromatic nitrogens is 1. The summed E-state index contributed by atoms with van der Waals surface area (Å²) in [4.78, 5) is 17.4. The largest absolute Gasteiger partial charge is 0.493 e. The molecule has 1 heterocycles. The Kier molecular flexibility index (Phi) is 5.89. The molecule has 0 aliphatic heterocycles. The molecule has 1 N–H and O–H groups in total. The molecule has 3 aromatic rings. The topological polar surface area (TPSA) is 60.5 Å². The van der Waals surface area contributed by atoms with Crippen LogP contribution in [0.4, 0.5) is 8.78 Å². The average molecular weight is 404 g/mol. The molecular weight excluding hydrogens is 386 g/mol. The monoisotopic (exact) mass is 404 g/mol. The van der Waals surface area contributed by atoms with Crippen LogP contribution >= 0.6 is 11.3 Å². The van der Waals surface area contributed by atoms with E-state index in [0.717, 1.165) is 11.6 Å². The molecule has 1 amide bonds. The van der Waals surface area contributed by atoms with Gasteiger partial charge in [-0.1, -0.05) is 0 Å². The first-order valence-corrected chi connectivity index (χ1v) is 9.16. The van der Waals surface area contributed by atoms with Gasteiger partial charge < -0.3 is 14.8 Å². The highest BCUT2D eigenvalue weighted by Gasteiger charge is 2.17. The lowest BCUT2D eigenvalue weighted by Gasteiger charge is -2.08. The maximum atomic E-state index is 13.3. The summed E-state index contributed by atoms with van der Waals surface area (Å²) in [5, 5.41) is 3.32. The van der Waals surface area contributed by atoms with Crippen molar-refractivity contribution in [3.05, 3.63) is 64.2 Å². The summed E-state index contributed by atoms with van der Waals surface area (Å²) in [7, 11) is 3.10. The van der Waals surface area contributed by atoms with Gasteiger partial charge in [-0.15, -0.1) is 11.3 Å². The fourth-order valence-electron chi connectivity index (χ4n) is 2.68. The number of carbonyl (C=O) groups excluding carboxylic acids is 1. The van der Waals surface area contributed by atoms with Crippen molar-refractivity contribution in [2.24, 2.45) is 0 Å². The first kappa shape index (κ1) is 19.8. The molecule has 5 nitrogen and oxygen atoms in total. The van der Waals surface area contributed by atoms with Crippen LogP contribution in [0.2, 0.25) is 0 Å². The molecule has 0 spiro atoms. The van der Waals surface area contributed by atoms with E-state index in [1.54, 1.807) is 33.3 Å². The normalized spacial score (nSPS) is 10.6. The van der Waals surface area contributed by atoms with Gasteiger partial charge in [0, 0.05) is 18.2 Å². The van der Waals surface area contributed by atoms with E-state index >= 15 is 0 Å². The second kappa shape index (κ2) is 8.35. The van der Waals surface area contributed by atoms with Crippen molar-refractivity contribution in [3.63, 3.8) is 0 Å². The Balaban J connectivity index is 1.79. The maximum absolute atomic E-state index is 13.3. The zero-order valence-corrected chi connectivity index (χ0v) is 16.3. The predicted octanol–water partition coefficient (Wildman–Crippen LogP) is 4.34. The predicted molar refractivity (Wildman–Crippen MR) is 103 cm³/mol. The Morgan fingerprint density at radius 3 is 2.39 bits per heavy atom. The average Bonchev–Trinajstić information content (AvgIpc) is 3.06. The fraction of sp³-hybridized carbons (Fsp3) is 0.200. The third-order valence-corrected chi connectivity index (χ3v) is 5.21. The number of ether oxygens (including phenoxy) is 2. The molecule has 3 rings (SSSR count). The first-order chi connectivity index (χ1) is 13.4. The van der Waals surface area contributed by atoms with Crippen LogP contribution in [0.15, 0.2) is 36.4 Å². The van der Waals surface area contributed by atoms with E-state index in [1.807, 2.05) is 6.07 Å². The summed E-state index contributed by atoms with van der Waals surface area (Å²) in [5.74, 6) is -0.568. The van der Waals surface area contributed by atoms with Gasteiger partial charge in [0.05, 0.1) is 19.9 Å².